The van der Waals surface area contributed by atoms with Crippen molar-refractivity contribution >= 4 is 12.2 Å². The highest BCUT2D eigenvalue weighted by molar-refractivity contribution is 5.68. The van der Waals surface area contributed by atoms with Gasteiger partial charge in [-0.1, -0.05) is 0 Å². The number of alkyl carbamates (subject to hydrolysis) is 1. The summed E-state index contributed by atoms with van der Waals surface area (Å²) in [6.07, 6.45) is -0.605. The molecule has 2 aliphatic rings. The van der Waals surface area contributed by atoms with Gasteiger partial charge >= 0.3 is 12.2 Å². The first kappa shape index (κ1) is 29.4. The lowest BCUT2D eigenvalue weighted by molar-refractivity contribution is 0.0188. The summed E-state index contributed by atoms with van der Waals surface area (Å²) in [7, 11) is 1.77. The molecule has 0 aliphatic carbocycles. The van der Waals surface area contributed by atoms with Gasteiger partial charge in [0, 0.05) is 59.4 Å². The fourth-order valence-corrected chi connectivity index (χ4v) is 3.00. The molecule has 2 heterocycles. The van der Waals surface area contributed by atoms with E-state index < -0.39 is 11.2 Å². The van der Waals surface area contributed by atoms with Crippen LogP contribution in [0.25, 0.3) is 0 Å². The van der Waals surface area contributed by atoms with Crippen LogP contribution >= 0.6 is 0 Å². The average Bonchev–Trinajstić information content (AvgIpc) is 2.71. The Balaban J connectivity index is 0.000000331. The molecule has 0 radical (unpaired) electrons. The first-order valence-electron chi connectivity index (χ1n) is 11.9. The third-order valence-corrected chi connectivity index (χ3v) is 4.76. The second-order valence-corrected chi connectivity index (χ2v) is 10.2. The monoisotopic (exact) mass is 474 g/mol. The Morgan fingerprint density at radius 1 is 0.818 bits per heavy atom. The summed E-state index contributed by atoms with van der Waals surface area (Å²) in [5.41, 5.74) is -0.854. The summed E-state index contributed by atoms with van der Waals surface area (Å²) < 4.78 is 20.9. The van der Waals surface area contributed by atoms with Crippen molar-refractivity contribution in [3.05, 3.63) is 0 Å². The van der Waals surface area contributed by atoms with E-state index in [-0.39, 0.29) is 12.2 Å². The minimum atomic E-state index is -0.428. The maximum Gasteiger partial charge on any atom is 0.410 e. The van der Waals surface area contributed by atoms with Gasteiger partial charge in [-0.15, -0.1) is 0 Å². The van der Waals surface area contributed by atoms with Crippen LogP contribution in [0.15, 0.2) is 0 Å². The number of carbonyl (C=O) groups excluding carboxylic acids is 2. The van der Waals surface area contributed by atoms with Crippen LogP contribution in [0.2, 0.25) is 0 Å². The molecule has 10 nitrogen and oxygen atoms in total. The molecule has 0 bridgehead atoms. The average molecular weight is 475 g/mol. The van der Waals surface area contributed by atoms with Crippen LogP contribution in [0.5, 0.6) is 0 Å². The van der Waals surface area contributed by atoms with E-state index in [1.54, 1.807) is 11.9 Å². The van der Waals surface area contributed by atoms with Gasteiger partial charge in [-0.05, 0) is 41.5 Å². The van der Waals surface area contributed by atoms with Gasteiger partial charge in [0.05, 0.1) is 26.4 Å². The number of hydrogen-bond donors (Lipinski definition) is 1. The fraction of sp³-hybridized carbons (Fsp3) is 0.913. The number of amides is 2. The lowest BCUT2D eigenvalue weighted by Crippen LogP contribution is -2.43. The molecular formula is C23H46N4O6. The van der Waals surface area contributed by atoms with Crippen molar-refractivity contribution in [2.75, 3.05) is 85.8 Å². The number of hydrogen-bond acceptors (Lipinski definition) is 8. The van der Waals surface area contributed by atoms with E-state index in [2.05, 4.69) is 15.1 Å². The van der Waals surface area contributed by atoms with Gasteiger partial charge in [-0.2, -0.15) is 0 Å². The molecule has 0 saturated carbocycles. The number of ether oxygens (including phenoxy) is 4. The van der Waals surface area contributed by atoms with Crippen LogP contribution in [-0.2, 0) is 18.9 Å². The highest BCUT2D eigenvalue weighted by Gasteiger charge is 2.20. The van der Waals surface area contributed by atoms with Gasteiger partial charge in [-0.25, -0.2) is 9.59 Å². The molecular weight excluding hydrogens is 428 g/mol. The third-order valence-electron chi connectivity index (χ3n) is 4.76. The van der Waals surface area contributed by atoms with Crippen molar-refractivity contribution in [1.82, 2.24) is 20.0 Å². The van der Waals surface area contributed by atoms with Crippen LogP contribution < -0.4 is 5.32 Å². The maximum absolute atomic E-state index is 11.7. The zero-order chi connectivity index (χ0) is 24.9. The molecule has 2 rings (SSSR count). The molecule has 0 spiro atoms. The first-order chi connectivity index (χ1) is 15.4. The zero-order valence-electron chi connectivity index (χ0n) is 21.8. The van der Waals surface area contributed by atoms with E-state index in [1.165, 1.54) is 0 Å². The third kappa shape index (κ3) is 15.8. The molecule has 33 heavy (non-hydrogen) atoms. The van der Waals surface area contributed by atoms with Crippen LogP contribution in [0, 0.1) is 0 Å². The number of nitrogens with one attached hydrogen (secondary N) is 1. The maximum atomic E-state index is 11.7. The molecule has 0 aromatic heterocycles. The van der Waals surface area contributed by atoms with Crippen molar-refractivity contribution < 1.29 is 28.5 Å². The predicted octanol–water partition coefficient (Wildman–Crippen LogP) is 2.03. The summed E-state index contributed by atoms with van der Waals surface area (Å²) in [4.78, 5) is 29.2. The minimum Gasteiger partial charge on any atom is -0.444 e. The molecule has 2 saturated heterocycles. The van der Waals surface area contributed by atoms with E-state index >= 15 is 0 Å². The van der Waals surface area contributed by atoms with Gasteiger partial charge < -0.3 is 29.2 Å². The van der Waals surface area contributed by atoms with Gasteiger partial charge in [0.1, 0.15) is 11.2 Å². The Morgan fingerprint density at radius 2 is 1.27 bits per heavy atom. The lowest BCUT2D eigenvalue weighted by atomic mass is 10.2. The van der Waals surface area contributed by atoms with E-state index in [1.807, 2.05) is 41.5 Å². The SMILES string of the molecule is CC(C)(C)OC(=O)NCCN1CCOCC1.CN(CCN1CCOCC1)C(=O)OC(C)(C)C. The number of rotatable bonds is 6. The second-order valence-electron chi connectivity index (χ2n) is 10.2. The minimum absolute atomic E-state index is 0.259. The zero-order valence-corrected chi connectivity index (χ0v) is 21.8. The number of morpholine rings is 2. The highest BCUT2D eigenvalue weighted by atomic mass is 16.6. The predicted molar refractivity (Wildman–Crippen MR) is 128 cm³/mol. The fourth-order valence-electron chi connectivity index (χ4n) is 3.00. The largest absolute Gasteiger partial charge is 0.444 e. The smallest absolute Gasteiger partial charge is 0.410 e. The quantitative estimate of drug-likeness (QED) is 0.625. The number of carbonyl (C=O) groups is 2. The molecule has 0 atom stereocenters. The second kappa shape index (κ2) is 14.6. The molecule has 2 amide bonds. The first-order valence-corrected chi connectivity index (χ1v) is 11.9. The molecule has 0 unspecified atom stereocenters. The Hall–Kier alpha value is -1.62. The van der Waals surface area contributed by atoms with Crippen molar-refractivity contribution in [2.45, 2.75) is 52.7 Å². The van der Waals surface area contributed by atoms with Gasteiger partial charge in [0.15, 0.2) is 0 Å². The van der Waals surface area contributed by atoms with Crippen LogP contribution in [-0.4, -0.2) is 124 Å². The van der Waals surface area contributed by atoms with Crippen LogP contribution in [0.3, 0.4) is 0 Å². The van der Waals surface area contributed by atoms with Crippen molar-refractivity contribution in [3.8, 4) is 0 Å². The molecule has 10 heteroatoms. The topological polar surface area (TPSA) is 92.8 Å². The molecule has 1 N–H and O–H groups in total. The summed E-state index contributed by atoms with van der Waals surface area (Å²) in [5, 5.41) is 2.74. The Morgan fingerprint density at radius 3 is 1.73 bits per heavy atom. The van der Waals surface area contributed by atoms with E-state index in [4.69, 9.17) is 18.9 Å². The number of nitrogens with zero attached hydrogens (tertiary/aromatic N) is 3. The number of likely N-dealkylation sites (N-methyl/N-ethyl adjacent to an activating group) is 1. The van der Waals surface area contributed by atoms with E-state index in [0.717, 1.165) is 65.7 Å². The van der Waals surface area contributed by atoms with Crippen LogP contribution in [0.1, 0.15) is 41.5 Å². The van der Waals surface area contributed by atoms with E-state index in [9.17, 15) is 9.59 Å². The van der Waals surface area contributed by atoms with Crippen molar-refractivity contribution in [2.24, 2.45) is 0 Å². The molecule has 194 valence electrons. The molecule has 0 aromatic carbocycles. The van der Waals surface area contributed by atoms with Crippen molar-refractivity contribution in [3.63, 3.8) is 0 Å². The Bertz CT molecular complexity index is 564. The lowest BCUT2D eigenvalue weighted by Gasteiger charge is -2.29. The summed E-state index contributed by atoms with van der Waals surface area (Å²) in [6.45, 7) is 21.1. The standard InChI is InChI=1S/C12H24N2O3.C11H22N2O3/c1-12(2,3)17-11(15)13(4)5-6-14-7-9-16-10-8-14;1-11(2,3)16-10(14)12-4-5-13-6-8-15-9-7-13/h5-10H2,1-4H3;4-9H2,1-3H3,(H,12,14). The summed E-state index contributed by atoms with van der Waals surface area (Å²) in [5.74, 6) is 0. The Kier molecular flexibility index (Phi) is 13.0. The van der Waals surface area contributed by atoms with Gasteiger partial charge in [-0.3, -0.25) is 9.80 Å². The van der Waals surface area contributed by atoms with E-state index in [0.29, 0.717) is 13.1 Å². The highest BCUT2D eigenvalue weighted by Crippen LogP contribution is 2.09. The van der Waals surface area contributed by atoms with Gasteiger partial charge in [0.25, 0.3) is 0 Å². The summed E-state index contributed by atoms with van der Waals surface area (Å²) in [6, 6.07) is 0. The van der Waals surface area contributed by atoms with Crippen LogP contribution in [0.4, 0.5) is 9.59 Å². The molecule has 2 fully saturated rings. The Labute approximate surface area is 199 Å². The van der Waals surface area contributed by atoms with Crippen molar-refractivity contribution in [1.29, 1.82) is 0 Å². The van der Waals surface area contributed by atoms with Gasteiger partial charge in [0.2, 0.25) is 0 Å². The molecule has 2 aliphatic heterocycles. The molecule has 0 aromatic rings. The normalized spacial score (nSPS) is 18.0. The summed E-state index contributed by atoms with van der Waals surface area (Å²) >= 11 is 0.